The summed E-state index contributed by atoms with van der Waals surface area (Å²) in [7, 11) is 0. The molecule has 0 spiro atoms. The van der Waals surface area contributed by atoms with Crippen LogP contribution in [-0.4, -0.2) is 48.0 Å². The van der Waals surface area contributed by atoms with Crippen LogP contribution in [0, 0.1) is 0 Å². The van der Waals surface area contributed by atoms with E-state index in [0.29, 0.717) is 31.0 Å². The SMILES string of the molecule is O=C1CCN(CCCOc2ccccc2C(=O)O)CC1. The van der Waals surface area contributed by atoms with Crippen LogP contribution in [0.15, 0.2) is 24.3 Å². The molecule has 5 nitrogen and oxygen atoms in total. The molecule has 1 saturated heterocycles. The maximum atomic E-state index is 11.1. The molecule has 5 heteroatoms. The summed E-state index contributed by atoms with van der Waals surface area (Å²) >= 11 is 0. The number of carboxylic acids is 1. The van der Waals surface area contributed by atoms with E-state index < -0.39 is 5.97 Å². The fourth-order valence-corrected chi connectivity index (χ4v) is 2.27. The molecule has 1 aromatic carbocycles. The van der Waals surface area contributed by atoms with Gasteiger partial charge >= 0.3 is 5.97 Å². The number of benzene rings is 1. The maximum absolute atomic E-state index is 11.1. The van der Waals surface area contributed by atoms with Gasteiger partial charge in [0, 0.05) is 32.5 Å². The third-order valence-corrected chi connectivity index (χ3v) is 3.41. The van der Waals surface area contributed by atoms with Crippen molar-refractivity contribution in [1.82, 2.24) is 4.90 Å². The zero-order valence-electron chi connectivity index (χ0n) is 11.4. The van der Waals surface area contributed by atoms with Gasteiger partial charge in [-0.15, -0.1) is 0 Å². The second kappa shape index (κ2) is 7.05. The van der Waals surface area contributed by atoms with Crippen molar-refractivity contribution in [3.63, 3.8) is 0 Å². The molecule has 0 saturated carbocycles. The Labute approximate surface area is 118 Å². The lowest BCUT2D eigenvalue weighted by Crippen LogP contribution is -2.35. The van der Waals surface area contributed by atoms with Gasteiger partial charge in [0.1, 0.15) is 17.1 Å². The summed E-state index contributed by atoms with van der Waals surface area (Å²) in [5.74, 6) is -0.225. The maximum Gasteiger partial charge on any atom is 0.339 e. The number of piperidine rings is 1. The number of ketones is 1. The molecule has 20 heavy (non-hydrogen) atoms. The number of aromatic carboxylic acids is 1. The second-order valence-corrected chi connectivity index (χ2v) is 4.88. The number of likely N-dealkylation sites (tertiary alicyclic amines) is 1. The molecule has 1 heterocycles. The molecule has 1 N–H and O–H groups in total. The zero-order chi connectivity index (χ0) is 14.4. The summed E-state index contributed by atoms with van der Waals surface area (Å²) in [6, 6.07) is 6.65. The minimum Gasteiger partial charge on any atom is -0.493 e. The molecule has 0 atom stereocenters. The number of ether oxygens (including phenoxy) is 1. The number of hydrogen-bond donors (Lipinski definition) is 1. The number of para-hydroxylation sites is 1. The van der Waals surface area contributed by atoms with Gasteiger partial charge in [0.15, 0.2) is 0 Å². The van der Waals surface area contributed by atoms with Crippen LogP contribution in [0.25, 0.3) is 0 Å². The molecule has 2 rings (SSSR count). The van der Waals surface area contributed by atoms with Crippen molar-refractivity contribution in [2.75, 3.05) is 26.2 Å². The molecule has 0 aromatic heterocycles. The molecule has 1 aromatic rings. The molecule has 0 amide bonds. The molecule has 1 aliphatic rings. The van der Waals surface area contributed by atoms with Crippen molar-refractivity contribution in [1.29, 1.82) is 0 Å². The monoisotopic (exact) mass is 277 g/mol. The van der Waals surface area contributed by atoms with Crippen LogP contribution >= 0.6 is 0 Å². The van der Waals surface area contributed by atoms with Crippen molar-refractivity contribution in [3.8, 4) is 5.75 Å². The van der Waals surface area contributed by atoms with Crippen molar-refractivity contribution >= 4 is 11.8 Å². The molecular formula is C15H19NO4. The van der Waals surface area contributed by atoms with Gasteiger partial charge in [-0.2, -0.15) is 0 Å². The zero-order valence-corrected chi connectivity index (χ0v) is 11.4. The van der Waals surface area contributed by atoms with Crippen LogP contribution < -0.4 is 4.74 Å². The highest BCUT2D eigenvalue weighted by Crippen LogP contribution is 2.18. The molecule has 0 aliphatic carbocycles. The Morgan fingerprint density at radius 3 is 2.65 bits per heavy atom. The average molecular weight is 277 g/mol. The molecule has 108 valence electrons. The topological polar surface area (TPSA) is 66.8 Å². The van der Waals surface area contributed by atoms with Gasteiger partial charge in [-0.3, -0.25) is 4.79 Å². The summed E-state index contributed by atoms with van der Waals surface area (Å²) in [5.41, 5.74) is 0.191. The number of rotatable bonds is 6. The largest absolute Gasteiger partial charge is 0.493 e. The lowest BCUT2D eigenvalue weighted by atomic mass is 10.1. The lowest BCUT2D eigenvalue weighted by Gasteiger charge is -2.25. The van der Waals surface area contributed by atoms with E-state index in [0.717, 1.165) is 26.1 Å². The molecule has 1 aliphatic heterocycles. The quantitative estimate of drug-likeness (QED) is 0.803. The van der Waals surface area contributed by atoms with Gasteiger partial charge in [0.05, 0.1) is 6.61 Å². The Kier molecular flexibility index (Phi) is 5.12. The fourth-order valence-electron chi connectivity index (χ4n) is 2.27. The Morgan fingerprint density at radius 1 is 1.25 bits per heavy atom. The Morgan fingerprint density at radius 2 is 1.95 bits per heavy atom. The Hall–Kier alpha value is -1.88. The van der Waals surface area contributed by atoms with E-state index in [9.17, 15) is 9.59 Å². The van der Waals surface area contributed by atoms with E-state index in [1.54, 1.807) is 18.2 Å². The first kappa shape index (κ1) is 14.5. The first-order valence-corrected chi connectivity index (χ1v) is 6.86. The van der Waals surface area contributed by atoms with Crippen LogP contribution in [0.4, 0.5) is 0 Å². The molecule has 1 fully saturated rings. The van der Waals surface area contributed by atoms with Gasteiger partial charge in [0.25, 0.3) is 0 Å². The van der Waals surface area contributed by atoms with E-state index in [2.05, 4.69) is 4.90 Å². The Bertz CT molecular complexity index is 477. The van der Waals surface area contributed by atoms with E-state index in [4.69, 9.17) is 9.84 Å². The van der Waals surface area contributed by atoms with Crippen molar-refractivity contribution in [2.24, 2.45) is 0 Å². The summed E-state index contributed by atoms with van der Waals surface area (Å²) in [6.45, 7) is 3.01. The highest BCUT2D eigenvalue weighted by atomic mass is 16.5. The first-order chi connectivity index (χ1) is 9.66. The molecule has 0 radical (unpaired) electrons. The fraction of sp³-hybridized carbons (Fsp3) is 0.467. The highest BCUT2D eigenvalue weighted by Gasteiger charge is 2.15. The standard InChI is InChI=1S/C15H19NO4/c17-12-6-9-16(10-7-12)8-3-11-20-14-5-2-1-4-13(14)15(18)19/h1-2,4-5H,3,6-11H2,(H,18,19). The van der Waals surface area contributed by atoms with Crippen molar-refractivity contribution in [2.45, 2.75) is 19.3 Å². The first-order valence-electron chi connectivity index (χ1n) is 6.86. The number of carbonyl (C=O) groups is 2. The number of carboxylic acid groups (broad SMARTS) is 1. The van der Waals surface area contributed by atoms with Crippen LogP contribution in [0.2, 0.25) is 0 Å². The van der Waals surface area contributed by atoms with E-state index in [1.807, 2.05) is 0 Å². The van der Waals surface area contributed by atoms with E-state index in [-0.39, 0.29) is 5.56 Å². The smallest absolute Gasteiger partial charge is 0.339 e. The normalized spacial score (nSPS) is 16.1. The van der Waals surface area contributed by atoms with Crippen LogP contribution in [0.1, 0.15) is 29.6 Å². The molecule has 0 unspecified atom stereocenters. The van der Waals surface area contributed by atoms with Gasteiger partial charge in [-0.05, 0) is 18.6 Å². The summed E-state index contributed by atoms with van der Waals surface area (Å²) in [6.07, 6.45) is 2.10. The van der Waals surface area contributed by atoms with Crippen molar-refractivity contribution < 1.29 is 19.4 Å². The van der Waals surface area contributed by atoms with Crippen LogP contribution in [0.5, 0.6) is 5.75 Å². The van der Waals surface area contributed by atoms with Crippen molar-refractivity contribution in [3.05, 3.63) is 29.8 Å². The summed E-state index contributed by atoms with van der Waals surface area (Å²) in [4.78, 5) is 24.4. The third kappa shape index (κ3) is 4.06. The van der Waals surface area contributed by atoms with E-state index >= 15 is 0 Å². The summed E-state index contributed by atoms with van der Waals surface area (Å²) < 4.78 is 5.54. The van der Waals surface area contributed by atoms with Gasteiger partial charge in [0.2, 0.25) is 0 Å². The minimum atomic E-state index is -0.977. The van der Waals surface area contributed by atoms with Gasteiger partial charge in [-0.1, -0.05) is 12.1 Å². The van der Waals surface area contributed by atoms with Crippen LogP contribution in [-0.2, 0) is 4.79 Å². The van der Waals surface area contributed by atoms with E-state index in [1.165, 1.54) is 6.07 Å². The second-order valence-electron chi connectivity index (χ2n) is 4.88. The average Bonchev–Trinajstić information content (AvgIpc) is 2.46. The minimum absolute atomic E-state index is 0.191. The third-order valence-electron chi connectivity index (χ3n) is 3.41. The predicted molar refractivity (Wildman–Crippen MR) is 74.2 cm³/mol. The van der Waals surface area contributed by atoms with Gasteiger partial charge < -0.3 is 14.7 Å². The predicted octanol–water partition coefficient (Wildman–Crippen LogP) is 1.82. The highest BCUT2D eigenvalue weighted by molar-refractivity contribution is 5.90. The van der Waals surface area contributed by atoms with Crippen LogP contribution in [0.3, 0.4) is 0 Å². The number of nitrogens with zero attached hydrogens (tertiary/aromatic N) is 1. The number of carbonyl (C=O) groups excluding carboxylic acids is 1. The summed E-state index contributed by atoms with van der Waals surface area (Å²) in [5, 5.41) is 9.03. The lowest BCUT2D eigenvalue weighted by molar-refractivity contribution is -0.121. The number of hydrogen-bond acceptors (Lipinski definition) is 4. The Balaban J connectivity index is 1.73. The molecule has 0 bridgehead atoms. The molecular weight excluding hydrogens is 258 g/mol. The van der Waals surface area contributed by atoms with Gasteiger partial charge in [-0.25, -0.2) is 4.79 Å². The number of Topliss-reactive ketones (excluding diaryl/α,β-unsaturated/α-hetero) is 1.